The highest BCUT2D eigenvalue weighted by Gasteiger charge is 2.38. The van der Waals surface area contributed by atoms with Crippen molar-refractivity contribution >= 4 is 28.4 Å². The van der Waals surface area contributed by atoms with E-state index in [1.807, 2.05) is 30.3 Å². The van der Waals surface area contributed by atoms with Crippen LogP contribution in [0.3, 0.4) is 0 Å². The van der Waals surface area contributed by atoms with Crippen LogP contribution in [0, 0.1) is 0 Å². The van der Waals surface area contributed by atoms with Gasteiger partial charge in [-0.1, -0.05) is 36.4 Å². The first-order valence-corrected chi connectivity index (χ1v) is 9.33. The number of amides is 2. The molecule has 1 aliphatic heterocycles. The lowest BCUT2D eigenvalue weighted by molar-refractivity contribution is -0.147. The number of hydrogen-bond donors (Lipinski definition) is 4. The van der Waals surface area contributed by atoms with Gasteiger partial charge in [0.15, 0.2) is 0 Å². The summed E-state index contributed by atoms with van der Waals surface area (Å²) in [6.07, 6.45) is 2.40. The Morgan fingerprint density at radius 3 is 2.52 bits per heavy atom. The molecule has 2 atom stereocenters. The van der Waals surface area contributed by atoms with E-state index in [1.165, 1.54) is 4.90 Å². The summed E-state index contributed by atoms with van der Waals surface area (Å²) in [5.74, 6) is -0.380. The third-order valence-electron chi connectivity index (χ3n) is 5.41. The highest BCUT2D eigenvalue weighted by molar-refractivity contribution is 5.99. The van der Waals surface area contributed by atoms with Gasteiger partial charge < -0.3 is 15.2 Å². The van der Waals surface area contributed by atoms with Gasteiger partial charge in [0.1, 0.15) is 17.8 Å². The lowest BCUT2D eigenvalue weighted by Gasteiger charge is -2.36. The number of aromatic amines is 1. The fraction of sp³-hybridized carbons (Fsp3) is 0.238. The van der Waals surface area contributed by atoms with Gasteiger partial charge in [-0.05, 0) is 23.3 Å². The van der Waals surface area contributed by atoms with Crippen molar-refractivity contribution in [3.63, 3.8) is 0 Å². The minimum absolute atomic E-state index is 0.0609. The summed E-state index contributed by atoms with van der Waals surface area (Å²) in [4.78, 5) is 30.2. The summed E-state index contributed by atoms with van der Waals surface area (Å²) in [6, 6.07) is 13.3. The highest BCUT2D eigenvalue weighted by atomic mass is 16.8. The molecule has 0 bridgehead atoms. The zero-order valence-electron chi connectivity index (χ0n) is 15.9. The Morgan fingerprint density at radius 1 is 1.03 bits per heavy atom. The molecule has 2 unspecified atom stereocenters. The molecule has 2 heterocycles. The van der Waals surface area contributed by atoms with Crippen LogP contribution in [0.5, 0.6) is 0 Å². The van der Waals surface area contributed by atoms with Gasteiger partial charge in [-0.25, -0.2) is 0 Å². The summed E-state index contributed by atoms with van der Waals surface area (Å²) >= 11 is 0. The van der Waals surface area contributed by atoms with Crippen molar-refractivity contribution in [3.05, 3.63) is 65.9 Å². The molecule has 1 aliphatic rings. The van der Waals surface area contributed by atoms with Gasteiger partial charge in [-0.15, -0.1) is 5.23 Å². The minimum atomic E-state index is -0.688. The predicted octanol–water partition coefficient (Wildman–Crippen LogP) is 1.86. The lowest BCUT2D eigenvalue weighted by atomic mass is 9.96. The maximum atomic E-state index is 12.9. The lowest BCUT2D eigenvalue weighted by Crippen LogP contribution is -2.63. The number of aromatic nitrogens is 1. The number of anilines is 1. The summed E-state index contributed by atoms with van der Waals surface area (Å²) < 4.78 is 0. The molecule has 0 spiro atoms. The number of H-pyrrole nitrogens is 1. The van der Waals surface area contributed by atoms with Crippen molar-refractivity contribution < 1.29 is 20.0 Å². The standard InChI is InChI=1S/C21H22N4O4/c1-24-18(11-14-12-22-15-8-5-9-17(19(14)15)25(28)29)20(26)23-16(21(24)27)10-13-6-3-2-4-7-13/h2-9,12,16,18,22,28-29H,10-11H2,1H3,(H,23,26). The van der Waals surface area contributed by atoms with Crippen molar-refractivity contribution in [1.82, 2.24) is 15.2 Å². The number of hydrogen-bond acceptors (Lipinski definition) is 5. The van der Waals surface area contributed by atoms with Crippen LogP contribution in [0.2, 0.25) is 0 Å². The first-order valence-electron chi connectivity index (χ1n) is 9.33. The maximum absolute atomic E-state index is 12.9. The second-order valence-electron chi connectivity index (χ2n) is 7.22. The molecular formula is C21H22N4O4. The summed E-state index contributed by atoms with van der Waals surface area (Å²) in [5.41, 5.74) is 2.60. The smallest absolute Gasteiger partial charge is 0.245 e. The first-order chi connectivity index (χ1) is 14.0. The van der Waals surface area contributed by atoms with E-state index in [-0.39, 0.29) is 29.1 Å². The van der Waals surface area contributed by atoms with Crippen LogP contribution in [-0.4, -0.2) is 51.2 Å². The van der Waals surface area contributed by atoms with Crippen LogP contribution in [0.25, 0.3) is 10.9 Å². The van der Waals surface area contributed by atoms with Gasteiger partial charge in [-0.2, -0.15) is 0 Å². The molecule has 3 aromatic rings. The van der Waals surface area contributed by atoms with Crippen molar-refractivity contribution in [2.75, 3.05) is 12.3 Å². The topological polar surface area (TPSA) is 109 Å². The average molecular weight is 394 g/mol. The molecule has 2 amide bonds. The van der Waals surface area contributed by atoms with Crippen molar-refractivity contribution in [3.8, 4) is 0 Å². The van der Waals surface area contributed by atoms with E-state index in [0.717, 1.165) is 5.56 Å². The molecule has 8 heteroatoms. The Bertz CT molecular complexity index is 1050. The molecule has 150 valence electrons. The number of carbonyl (C=O) groups excluding carboxylic acids is 2. The van der Waals surface area contributed by atoms with Crippen LogP contribution < -0.4 is 10.5 Å². The SMILES string of the molecule is CN1C(=O)C(Cc2ccccc2)NC(=O)C1Cc1c[nH]c2cccc(N(O)O)c12. The largest absolute Gasteiger partial charge is 0.361 e. The van der Waals surface area contributed by atoms with Gasteiger partial charge in [0.25, 0.3) is 0 Å². The number of likely N-dealkylation sites (N-methyl/N-ethyl adjacent to an activating group) is 1. The fourth-order valence-corrected chi connectivity index (χ4v) is 3.89. The van der Waals surface area contributed by atoms with Crippen molar-refractivity contribution in [1.29, 1.82) is 0 Å². The van der Waals surface area contributed by atoms with Crippen LogP contribution in [0.15, 0.2) is 54.7 Å². The second kappa shape index (κ2) is 7.57. The van der Waals surface area contributed by atoms with Crippen LogP contribution in [0.4, 0.5) is 5.69 Å². The molecule has 29 heavy (non-hydrogen) atoms. The second-order valence-corrected chi connectivity index (χ2v) is 7.22. The quantitative estimate of drug-likeness (QED) is 0.494. The maximum Gasteiger partial charge on any atom is 0.245 e. The van der Waals surface area contributed by atoms with Gasteiger partial charge in [-0.3, -0.25) is 20.0 Å². The molecule has 4 rings (SSSR count). The molecule has 2 aromatic carbocycles. The van der Waals surface area contributed by atoms with Crippen molar-refractivity contribution in [2.24, 2.45) is 0 Å². The van der Waals surface area contributed by atoms with Gasteiger partial charge >= 0.3 is 0 Å². The van der Waals surface area contributed by atoms with E-state index in [4.69, 9.17) is 0 Å². The Morgan fingerprint density at radius 2 is 1.79 bits per heavy atom. The number of nitrogens with one attached hydrogen (secondary N) is 2. The van der Waals surface area contributed by atoms with Crippen LogP contribution in [-0.2, 0) is 22.4 Å². The van der Waals surface area contributed by atoms with Crippen molar-refractivity contribution in [2.45, 2.75) is 24.9 Å². The predicted molar refractivity (Wildman–Crippen MR) is 107 cm³/mol. The Hall–Kier alpha value is -3.36. The van der Waals surface area contributed by atoms with Gasteiger partial charge in [0.2, 0.25) is 11.8 Å². The highest BCUT2D eigenvalue weighted by Crippen LogP contribution is 2.30. The number of carbonyl (C=O) groups is 2. The molecule has 1 aromatic heterocycles. The number of rotatable bonds is 5. The summed E-state index contributed by atoms with van der Waals surface area (Å²) in [5, 5.41) is 22.5. The molecule has 0 aliphatic carbocycles. The summed E-state index contributed by atoms with van der Waals surface area (Å²) in [6.45, 7) is 0. The van der Waals surface area contributed by atoms with E-state index in [0.29, 0.717) is 22.9 Å². The van der Waals surface area contributed by atoms with Gasteiger partial charge in [0, 0.05) is 37.0 Å². The third kappa shape index (κ3) is 3.55. The van der Waals surface area contributed by atoms with E-state index in [2.05, 4.69) is 10.3 Å². The van der Waals surface area contributed by atoms with Gasteiger partial charge in [0.05, 0.1) is 0 Å². The van der Waals surface area contributed by atoms with Crippen LogP contribution in [0.1, 0.15) is 11.1 Å². The molecule has 0 radical (unpaired) electrons. The normalized spacial score (nSPS) is 19.5. The molecule has 1 fully saturated rings. The average Bonchev–Trinajstić information content (AvgIpc) is 3.13. The van der Waals surface area contributed by atoms with E-state index in [9.17, 15) is 20.0 Å². The Balaban J connectivity index is 1.57. The number of piperazine rings is 1. The third-order valence-corrected chi connectivity index (χ3v) is 5.41. The molecule has 0 saturated carbocycles. The van der Waals surface area contributed by atoms with Crippen LogP contribution >= 0.6 is 0 Å². The van der Waals surface area contributed by atoms with E-state index < -0.39 is 12.1 Å². The fourth-order valence-electron chi connectivity index (χ4n) is 3.89. The molecule has 1 saturated heterocycles. The Kier molecular flexibility index (Phi) is 4.96. The van der Waals surface area contributed by atoms with E-state index >= 15 is 0 Å². The number of nitrogens with zero attached hydrogens (tertiary/aromatic N) is 2. The zero-order chi connectivity index (χ0) is 20.5. The molecule has 8 nitrogen and oxygen atoms in total. The monoisotopic (exact) mass is 394 g/mol. The molecule has 4 N–H and O–H groups in total. The summed E-state index contributed by atoms with van der Waals surface area (Å²) in [7, 11) is 1.63. The van der Waals surface area contributed by atoms with E-state index in [1.54, 1.807) is 31.4 Å². The molecular weight excluding hydrogens is 372 g/mol. The Labute approximate surface area is 167 Å². The first kappa shape index (κ1) is 19.0. The number of benzene rings is 2. The minimum Gasteiger partial charge on any atom is -0.361 e. The zero-order valence-corrected chi connectivity index (χ0v) is 15.9. The number of fused-ring (bicyclic) bond motifs is 1.